The van der Waals surface area contributed by atoms with Gasteiger partial charge in [-0.2, -0.15) is 5.10 Å². The molecule has 22 heavy (non-hydrogen) atoms. The zero-order valence-electron chi connectivity index (χ0n) is 12.3. The standard InChI is InChI=1S/C17H19N3O2/c1-2-17(21)19-11-15(20-10-6-9-18-20)16(12-19)22-13-14-7-4-3-5-8-14/h2-10,15-16H,1,11-13H2/t15-,16-/m1/s1. The number of hydrogen-bond donors (Lipinski definition) is 0. The summed E-state index contributed by atoms with van der Waals surface area (Å²) in [4.78, 5) is 13.6. The van der Waals surface area contributed by atoms with Gasteiger partial charge in [-0.15, -0.1) is 0 Å². The number of aromatic nitrogens is 2. The average Bonchev–Trinajstić information content (AvgIpc) is 3.22. The van der Waals surface area contributed by atoms with Gasteiger partial charge in [-0.25, -0.2) is 0 Å². The third-order valence-corrected chi connectivity index (χ3v) is 3.89. The summed E-state index contributed by atoms with van der Waals surface area (Å²) in [5.74, 6) is -0.0667. The molecule has 0 N–H and O–H groups in total. The minimum Gasteiger partial charge on any atom is -0.369 e. The molecule has 1 saturated heterocycles. The van der Waals surface area contributed by atoms with E-state index in [1.54, 1.807) is 11.1 Å². The van der Waals surface area contributed by atoms with E-state index in [9.17, 15) is 4.79 Å². The van der Waals surface area contributed by atoms with Crippen LogP contribution in [-0.4, -0.2) is 39.8 Å². The van der Waals surface area contributed by atoms with Crippen LogP contribution >= 0.6 is 0 Å². The number of rotatable bonds is 5. The Bertz CT molecular complexity index is 625. The van der Waals surface area contributed by atoms with Gasteiger partial charge in [-0.1, -0.05) is 36.9 Å². The molecule has 0 saturated carbocycles. The Labute approximate surface area is 129 Å². The topological polar surface area (TPSA) is 47.4 Å². The summed E-state index contributed by atoms with van der Waals surface area (Å²) in [6.07, 6.45) is 4.92. The SMILES string of the molecule is C=CC(=O)N1C[C@@H](n2cccn2)[C@H](OCc2ccccc2)C1. The Kier molecular flexibility index (Phi) is 4.34. The highest BCUT2D eigenvalue weighted by Crippen LogP contribution is 2.25. The number of nitrogens with zero attached hydrogens (tertiary/aromatic N) is 3. The van der Waals surface area contributed by atoms with E-state index in [2.05, 4.69) is 11.7 Å². The first-order chi connectivity index (χ1) is 10.8. The van der Waals surface area contributed by atoms with Crippen LogP contribution in [0.1, 0.15) is 11.6 Å². The van der Waals surface area contributed by atoms with E-state index >= 15 is 0 Å². The maximum Gasteiger partial charge on any atom is 0.246 e. The van der Waals surface area contributed by atoms with Crippen LogP contribution in [-0.2, 0) is 16.1 Å². The lowest BCUT2D eigenvalue weighted by Gasteiger charge is -2.19. The first kappa shape index (κ1) is 14.5. The number of ether oxygens (including phenoxy) is 1. The molecule has 114 valence electrons. The number of amides is 1. The van der Waals surface area contributed by atoms with Crippen LogP contribution in [0.15, 0.2) is 61.4 Å². The fourth-order valence-electron chi connectivity index (χ4n) is 2.74. The van der Waals surface area contributed by atoms with Gasteiger partial charge < -0.3 is 9.64 Å². The Morgan fingerprint density at radius 2 is 2.14 bits per heavy atom. The predicted molar refractivity (Wildman–Crippen MR) is 83.1 cm³/mol. The summed E-state index contributed by atoms with van der Waals surface area (Å²) in [5, 5.41) is 4.30. The highest BCUT2D eigenvalue weighted by atomic mass is 16.5. The Balaban J connectivity index is 1.71. The van der Waals surface area contributed by atoms with Crippen LogP contribution < -0.4 is 0 Å². The minimum absolute atomic E-state index is 0.0302. The fraction of sp³-hybridized carbons (Fsp3) is 0.294. The summed E-state index contributed by atoms with van der Waals surface area (Å²) >= 11 is 0. The van der Waals surface area contributed by atoms with Crippen LogP contribution in [0, 0.1) is 0 Å². The molecule has 2 heterocycles. The third-order valence-electron chi connectivity index (χ3n) is 3.89. The van der Waals surface area contributed by atoms with Crippen molar-refractivity contribution in [3.8, 4) is 0 Å². The zero-order valence-corrected chi connectivity index (χ0v) is 12.3. The van der Waals surface area contributed by atoms with E-state index in [0.29, 0.717) is 19.7 Å². The number of carbonyl (C=O) groups is 1. The molecule has 1 amide bonds. The molecule has 0 spiro atoms. The van der Waals surface area contributed by atoms with E-state index in [0.717, 1.165) is 5.56 Å². The first-order valence-corrected chi connectivity index (χ1v) is 7.34. The van der Waals surface area contributed by atoms with Gasteiger partial charge in [0.25, 0.3) is 0 Å². The maximum atomic E-state index is 11.9. The molecule has 1 aromatic heterocycles. The normalized spacial score (nSPS) is 21.0. The van der Waals surface area contributed by atoms with Crippen molar-refractivity contribution in [3.63, 3.8) is 0 Å². The van der Waals surface area contributed by atoms with E-state index < -0.39 is 0 Å². The van der Waals surface area contributed by atoms with Gasteiger partial charge >= 0.3 is 0 Å². The largest absolute Gasteiger partial charge is 0.369 e. The molecule has 2 atom stereocenters. The number of hydrogen-bond acceptors (Lipinski definition) is 3. The lowest BCUT2D eigenvalue weighted by atomic mass is 10.2. The molecule has 1 fully saturated rings. The smallest absolute Gasteiger partial charge is 0.246 e. The fourth-order valence-corrected chi connectivity index (χ4v) is 2.74. The maximum absolute atomic E-state index is 11.9. The van der Waals surface area contributed by atoms with Crippen LogP contribution in [0.2, 0.25) is 0 Å². The molecule has 3 rings (SSSR count). The van der Waals surface area contributed by atoms with Crippen LogP contribution in [0.4, 0.5) is 0 Å². The molecule has 2 aromatic rings. The summed E-state index contributed by atoms with van der Waals surface area (Å²) in [6, 6.07) is 11.9. The summed E-state index contributed by atoms with van der Waals surface area (Å²) in [7, 11) is 0. The van der Waals surface area contributed by atoms with Crippen molar-refractivity contribution >= 4 is 5.91 Å². The second-order valence-corrected chi connectivity index (χ2v) is 5.34. The first-order valence-electron chi connectivity index (χ1n) is 7.34. The van der Waals surface area contributed by atoms with E-state index in [4.69, 9.17) is 4.74 Å². The monoisotopic (exact) mass is 297 g/mol. The van der Waals surface area contributed by atoms with Crippen molar-refractivity contribution < 1.29 is 9.53 Å². The quantitative estimate of drug-likeness (QED) is 0.794. The molecule has 0 aliphatic carbocycles. The lowest BCUT2D eigenvalue weighted by Crippen LogP contribution is -2.28. The molecule has 1 aromatic carbocycles. The van der Waals surface area contributed by atoms with Crippen molar-refractivity contribution in [2.75, 3.05) is 13.1 Å². The van der Waals surface area contributed by atoms with Crippen molar-refractivity contribution in [2.24, 2.45) is 0 Å². The Hall–Kier alpha value is -2.40. The summed E-state index contributed by atoms with van der Waals surface area (Å²) in [6.45, 7) is 5.23. The van der Waals surface area contributed by atoms with Gasteiger partial charge in [-0.05, 0) is 17.7 Å². The predicted octanol–water partition coefficient (Wildman–Crippen LogP) is 2.04. The van der Waals surface area contributed by atoms with Gasteiger partial charge in [-0.3, -0.25) is 9.48 Å². The van der Waals surface area contributed by atoms with Gasteiger partial charge in [0.2, 0.25) is 5.91 Å². The summed E-state index contributed by atoms with van der Waals surface area (Å²) in [5.41, 5.74) is 1.12. The van der Waals surface area contributed by atoms with Crippen molar-refractivity contribution in [1.82, 2.24) is 14.7 Å². The van der Waals surface area contributed by atoms with E-state index in [1.807, 2.05) is 47.3 Å². The molecule has 1 aliphatic rings. The van der Waals surface area contributed by atoms with E-state index in [1.165, 1.54) is 6.08 Å². The van der Waals surface area contributed by atoms with Gasteiger partial charge in [0, 0.05) is 25.5 Å². The number of likely N-dealkylation sites (tertiary alicyclic amines) is 1. The Morgan fingerprint density at radius 3 is 2.82 bits per heavy atom. The summed E-state index contributed by atoms with van der Waals surface area (Å²) < 4.78 is 7.93. The van der Waals surface area contributed by atoms with Crippen molar-refractivity contribution in [1.29, 1.82) is 0 Å². The number of carbonyl (C=O) groups excluding carboxylic acids is 1. The second-order valence-electron chi connectivity index (χ2n) is 5.34. The van der Waals surface area contributed by atoms with Crippen LogP contribution in [0.3, 0.4) is 0 Å². The second kappa shape index (κ2) is 6.58. The zero-order chi connectivity index (χ0) is 15.4. The van der Waals surface area contributed by atoms with Gasteiger partial charge in [0.05, 0.1) is 18.8 Å². The van der Waals surface area contributed by atoms with Crippen molar-refractivity contribution in [3.05, 3.63) is 67.0 Å². The highest BCUT2D eigenvalue weighted by Gasteiger charge is 2.36. The molecular formula is C17H19N3O2. The lowest BCUT2D eigenvalue weighted by molar-refractivity contribution is -0.125. The van der Waals surface area contributed by atoms with Crippen molar-refractivity contribution in [2.45, 2.75) is 18.8 Å². The molecular weight excluding hydrogens is 278 g/mol. The molecule has 1 aliphatic heterocycles. The van der Waals surface area contributed by atoms with Crippen LogP contribution in [0.25, 0.3) is 0 Å². The molecule has 5 nitrogen and oxygen atoms in total. The molecule has 0 unspecified atom stereocenters. The average molecular weight is 297 g/mol. The third kappa shape index (κ3) is 3.09. The minimum atomic E-state index is -0.0796. The molecule has 0 radical (unpaired) electrons. The number of benzene rings is 1. The van der Waals surface area contributed by atoms with Gasteiger partial charge in [0.1, 0.15) is 0 Å². The Morgan fingerprint density at radius 1 is 1.32 bits per heavy atom. The van der Waals surface area contributed by atoms with Crippen LogP contribution in [0.5, 0.6) is 0 Å². The molecule has 0 bridgehead atoms. The van der Waals surface area contributed by atoms with E-state index in [-0.39, 0.29) is 18.1 Å². The highest BCUT2D eigenvalue weighted by molar-refractivity contribution is 5.87. The van der Waals surface area contributed by atoms with Gasteiger partial charge in [0.15, 0.2) is 0 Å². The molecule has 5 heteroatoms.